The number of aromatic nitrogens is 2. The Morgan fingerprint density at radius 3 is 2.84 bits per heavy atom. The van der Waals surface area contributed by atoms with Crippen LogP contribution in [0.4, 0.5) is 6.01 Å². The second-order valence-electron chi connectivity index (χ2n) is 4.02. The molecule has 0 atom stereocenters. The molecule has 19 heavy (non-hydrogen) atoms. The van der Waals surface area contributed by atoms with Crippen molar-refractivity contribution in [2.24, 2.45) is 0 Å². The molecule has 1 rings (SSSR count). The van der Waals surface area contributed by atoms with Crippen LogP contribution >= 0.6 is 0 Å². The summed E-state index contributed by atoms with van der Waals surface area (Å²) >= 11 is 0. The van der Waals surface area contributed by atoms with E-state index in [0.717, 1.165) is 32.5 Å². The number of hydrogen-bond acceptors (Lipinski definition) is 7. The lowest BCUT2D eigenvalue weighted by Crippen LogP contribution is -2.11. The summed E-state index contributed by atoms with van der Waals surface area (Å²) in [5.41, 5.74) is 0. The van der Waals surface area contributed by atoms with Crippen molar-refractivity contribution >= 4 is 6.01 Å². The maximum Gasteiger partial charge on any atom is 0.315 e. The molecule has 1 heterocycles. The minimum Gasteiger partial charge on any atom is -0.407 e. The smallest absolute Gasteiger partial charge is 0.315 e. The first-order valence-electron chi connectivity index (χ1n) is 6.70. The van der Waals surface area contributed by atoms with Crippen molar-refractivity contribution in [3.8, 4) is 0 Å². The largest absolute Gasteiger partial charge is 0.407 e. The molecule has 1 aromatic heterocycles. The Balaban J connectivity index is 1.98. The van der Waals surface area contributed by atoms with E-state index in [-0.39, 0.29) is 0 Å². The topological polar surface area (TPSA) is 81.4 Å². The van der Waals surface area contributed by atoms with Crippen LogP contribution in [0.3, 0.4) is 0 Å². The summed E-state index contributed by atoms with van der Waals surface area (Å²) in [6, 6.07) is 0.480. The molecule has 0 aliphatic heterocycles. The molecule has 0 fully saturated rings. The van der Waals surface area contributed by atoms with Gasteiger partial charge in [0.1, 0.15) is 0 Å². The van der Waals surface area contributed by atoms with Gasteiger partial charge in [0.15, 0.2) is 0 Å². The zero-order valence-corrected chi connectivity index (χ0v) is 11.8. The van der Waals surface area contributed by atoms with Gasteiger partial charge in [0.05, 0.1) is 19.8 Å². The molecule has 0 amide bonds. The number of hydrogen-bond donors (Lipinski definition) is 2. The van der Waals surface area contributed by atoms with Gasteiger partial charge in [-0.2, -0.15) is 0 Å². The fourth-order valence-corrected chi connectivity index (χ4v) is 1.40. The number of nitrogens with one attached hydrogen (secondary N) is 2. The van der Waals surface area contributed by atoms with Gasteiger partial charge in [0, 0.05) is 20.3 Å². The van der Waals surface area contributed by atoms with Gasteiger partial charge in [0.25, 0.3) is 0 Å². The summed E-state index contributed by atoms with van der Waals surface area (Å²) in [7, 11) is 1.67. The summed E-state index contributed by atoms with van der Waals surface area (Å²) in [5.74, 6) is 0.604. The van der Waals surface area contributed by atoms with Gasteiger partial charge < -0.3 is 24.5 Å². The fourth-order valence-electron chi connectivity index (χ4n) is 1.40. The van der Waals surface area contributed by atoms with Crippen LogP contribution in [0.15, 0.2) is 4.42 Å². The lowest BCUT2D eigenvalue weighted by molar-refractivity contribution is 0.0691. The lowest BCUT2D eigenvalue weighted by Gasteiger charge is -2.03. The molecule has 0 aromatic carbocycles. The van der Waals surface area contributed by atoms with Crippen molar-refractivity contribution in [1.29, 1.82) is 0 Å². The summed E-state index contributed by atoms with van der Waals surface area (Å²) in [6.45, 7) is 6.38. The molecule has 1 aromatic rings. The monoisotopic (exact) mass is 272 g/mol. The highest BCUT2D eigenvalue weighted by atomic mass is 16.5. The second-order valence-corrected chi connectivity index (χ2v) is 4.02. The molecule has 2 N–H and O–H groups in total. The number of anilines is 1. The van der Waals surface area contributed by atoms with Gasteiger partial charge >= 0.3 is 6.01 Å². The minimum atomic E-state index is 0.480. The van der Waals surface area contributed by atoms with Gasteiger partial charge in [-0.05, 0) is 19.4 Å². The van der Waals surface area contributed by atoms with E-state index in [0.29, 0.717) is 31.7 Å². The predicted molar refractivity (Wildman–Crippen MR) is 72.1 cm³/mol. The fraction of sp³-hybridized carbons (Fsp3) is 0.833. The molecule has 0 bridgehead atoms. The maximum atomic E-state index is 5.40. The van der Waals surface area contributed by atoms with Gasteiger partial charge in [-0.15, -0.1) is 5.10 Å². The van der Waals surface area contributed by atoms with Crippen LogP contribution in [0, 0.1) is 0 Å². The van der Waals surface area contributed by atoms with E-state index in [2.05, 4.69) is 20.8 Å². The number of unbranched alkanes of at least 4 members (excludes halogenated alkanes) is 1. The third-order valence-electron chi connectivity index (χ3n) is 2.42. The van der Waals surface area contributed by atoms with Crippen molar-refractivity contribution in [2.45, 2.75) is 26.3 Å². The Labute approximate surface area is 114 Å². The summed E-state index contributed by atoms with van der Waals surface area (Å²) < 4.78 is 15.7. The van der Waals surface area contributed by atoms with Crippen molar-refractivity contribution in [3.63, 3.8) is 0 Å². The molecule has 0 radical (unpaired) electrons. The number of methoxy groups -OCH3 is 1. The van der Waals surface area contributed by atoms with Gasteiger partial charge in [0.2, 0.25) is 5.89 Å². The molecule has 0 aliphatic carbocycles. The third kappa shape index (κ3) is 7.76. The average Bonchev–Trinajstić information content (AvgIpc) is 2.87. The molecule has 0 spiro atoms. The Morgan fingerprint density at radius 2 is 2.05 bits per heavy atom. The van der Waals surface area contributed by atoms with Gasteiger partial charge in [-0.3, -0.25) is 0 Å². The van der Waals surface area contributed by atoms with E-state index in [1.807, 2.05) is 6.92 Å². The van der Waals surface area contributed by atoms with Crippen molar-refractivity contribution in [3.05, 3.63) is 5.89 Å². The van der Waals surface area contributed by atoms with Crippen LogP contribution in [0.1, 0.15) is 25.7 Å². The highest BCUT2D eigenvalue weighted by Crippen LogP contribution is 2.05. The second kappa shape index (κ2) is 10.7. The first-order valence-corrected chi connectivity index (χ1v) is 6.70. The maximum absolute atomic E-state index is 5.40. The molecular formula is C12H24N4O3. The van der Waals surface area contributed by atoms with E-state index in [9.17, 15) is 0 Å². The van der Waals surface area contributed by atoms with Gasteiger partial charge in [-0.25, -0.2) is 0 Å². The number of nitrogens with zero attached hydrogens (tertiary/aromatic N) is 2. The summed E-state index contributed by atoms with van der Waals surface area (Å²) in [5, 5.41) is 14.1. The first-order chi connectivity index (χ1) is 9.36. The van der Waals surface area contributed by atoms with Crippen LogP contribution in [-0.4, -0.2) is 50.2 Å². The summed E-state index contributed by atoms with van der Waals surface area (Å²) in [4.78, 5) is 0. The van der Waals surface area contributed by atoms with Crippen molar-refractivity contribution < 1.29 is 13.9 Å². The number of ether oxygens (including phenoxy) is 2. The van der Waals surface area contributed by atoms with E-state index < -0.39 is 0 Å². The summed E-state index contributed by atoms with van der Waals surface area (Å²) in [6.07, 6.45) is 1.99. The highest BCUT2D eigenvalue weighted by molar-refractivity contribution is 5.16. The SMILES string of the molecule is CCNCc1nnc(NCCCCOCCOC)o1. The zero-order chi connectivity index (χ0) is 13.8. The Morgan fingerprint density at radius 1 is 1.16 bits per heavy atom. The third-order valence-corrected chi connectivity index (χ3v) is 2.42. The first kappa shape index (κ1) is 15.9. The molecule has 0 unspecified atom stereocenters. The van der Waals surface area contributed by atoms with Crippen LogP contribution < -0.4 is 10.6 Å². The van der Waals surface area contributed by atoms with Crippen molar-refractivity contribution in [1.82, 2.24) is 15.5 Å². The van der Waals surface area contributed by atoms with Crippen molar-refractivity contribution in [2.75, 3.05) is 45.3 Å². The Kier molecular flexibility index (Phi) is 8.95. The quantitative estimate of drug-likeness (QED) is 0.550. The van der Waals surface area contributed by atoms with Crippen LogP contribution in [0.2, 0.25) is 0 Å². The molecule has 7 nitrogen and oxygen atoms in total. The zero-order valence-electron chi connectivity index (χ0n) is 11.8. The molecule has 7 heteroatoms. The molecule has 110 valence electrons. The normalized spacial score (nSPS) is 10.8. The molecule has 0 saturated heterocycles. The van der Waals surface area contributed by atoms with Crippen LogP contribution in [-0.2, 0) is 16.0 Å². The van der Waals surface area contributed by atoms with E-state index >= 15 is 0 Å². The van der Waals surface area contributed by atoms with E-state index in [4.69, 9.17) is 13.9 Å². The minimum absolute atomic E-state index is 0.480. The standard InChI is InChI=1S/C12H24N4O3/c1-3-13-10-11-15-16-12(19-11)14-6-4-5-7-18-9-8-17-2/h13H,3-10H2,1-2H3,(H,14,16). The molecular weight excluding hydrogens is 248 g/mol. The average molecular weight is 272 g/mol. The van der Waals surface area contributed by atoms with E-state index in [1.165, 1.54) is 0 Å². The lowest BCUT2D eigenvalue weighted by atomic mass is 10.3. The number of rotatable bonds is 12. The Bertz CT molecular complexity index is 320. The van der Waals surface area contributed by atoms with Crippen LogP contribution in [0.25, 0.3) is 0 Å². The van der Waals surface area contributed by atoms with E-state index in [1.54, 1.807) is 7.11 Å². The van der Waals surface area contributed by atoms with Gasteiger partial charge in [-0.1, -0.05) is 12.0 Å². The molecule has 0 aliphatic rings. The highest BCUT2D eigenvalue weighted by Gasteiger charge is 2.03. The Hall–Kier alpha value is -1.18. The van der Waals surface area contributed by atoms with Crippen LogP contribution in [0.5, 0.6) is 0 Å². The molecule has 0 saturated carbocycles. The predicted octanol–water partition coefficient (Wildman–Crippen LogP) is 1.03.